The van der Waals surface area contributed by atoms with E-state index in [4.69, 9.17) is 0 Å². The fourth-order valence-corrected chi connectivity index (χ4v) is 4.30. The second-order valence-corrected chi connectivity index (χ2v) is 10.1. The molecule has 1 aliphatic rings. The summed E-state index contributed by atoms with van der Waals surface area (Å²) in [4.78, 5) is 15.1. The van der Waals surface area contributed by atoms with Crippen LogP contribution in [0.5, 0.6) is 0 Å². The summed E-state index contributed by atoms with van der Waals surface area (Å²) in [6.45, 7) is 8.22. The summed E-state index contributed by atoms with van der Waals surface area (Å²) in [7, 11) is -3.41. The van der Waals surface area contributed by atoms with Crippen molar-refractivity contribution >= 4 is 27.3 Å². The maximum atomic E-state index is 12.7. The normalized spacial score (nSPS) is 16.2. The van der Waals surface area contributed by atoms with Crippen LogP contribution in [0.2, 0.25) is 0 Å². The number of aryl methyl sites for hydroxylation is 1. The first-order valence-electron chi connectivity index (χ1n) is 10.4. The lowest BCUT2D eigenvalue weighted by atomic mass is 9.98. The first-order valence-corrected chi connectivity index (χ1v) is 12.3. The first-order chi connectivity index (χ1) is 14.1. The molecular formula is C23H31N3O3S. The molecule has 0 aliphatic carbocycles. The first kappa shape index (κ1) is 22.2. The molecule has 1 fully saturated rings. The second-order valence-electron chi connectivity index (χ2n) is 8.36. The van der Waals surface area contributed by atoms with Crippen molar-refractivity contribution in [1.82, 2.24) is 5.32 Å². The minimum atomic E-state index is -3.41. The number of carbonyl (C=O) groups excluding carboxylic acids is 1. The van der Waals surface area contributed by atoms with Crippen molar-refractivity contribution in [3.63, 3.8) is 0 Å². The highest BCUT2D eigenvalue weighted by atomic mass is 32.2. The van der Waals surface area contributed by atoms with Gasteiger partial charge in [-0.1, -0.05) is 25.1 Å². The Morgan fingerprint density at radius 2 is 1.73 bits per heavy atom. The van der Waals surface area contributed by atoms with Crippen LogP contribution in [-0.2, 0) is 10.0 Å². The summed E-state index contributed by atoms with van der Waals surface area (Å²) in [6.07, 6.45) is 3.54. The summed E-state index contributed by atoms with van der Waals surface area (Å²) in [6, 6.07) is 13.2. The van der Waals surface area contributed by atoms with Crippen molar-refractivity contribution in [2.24, 2.45) is 5.92 Å². The maximum Gasteiger partial charge on any atom is 0.251 e. The number of rotatable bonds is 6. The summed E-state index contributed by atoms with van der Waals surface area (Å²) in [5.74, 6) is 0.554. The maximum absolute atomic E-state index is 12.7. The molecule has 2 aromatic carbocycles. The Labute approximate surface area is 179 Å². The van der Waals surface area contributed by atoms with E-state index < -0.39 is 10.0 Å². The Bertz CT molecular complexity index is 995. The minimum absolute atomic E-state index is 0.166. The third-order valence-electron chi connectivity index (χ3n) is 5.68. The van der Waals surface area contributed by atoms with Crippen LogP contribution < -0.4 is 14.9 Å². The third-order valence-corrected chi connectivity index (χ3v) is 6.28. The van der Waals surface area contributed by atoms with Crippen LogP contribution in [0.15, 0.2) is 42.5 Å². The van der Waals surface area contributed by atoms with E-state index in [1.54, 1.807) is 25.1 Å². The lowest BCUT2D eigenvalue weighted by molar-refractivity contribution is 0.0940. The fourth-order valence-electron chi connectivity index (χ4n) is 3.68. The zero-order valence-corrected chi connectivity index (χ0v) is 18.9. The average molecular weight is 430 g/mol. The topological polar surface area (TPSA) is 78.5 Å². The Balaban J connectivity index is 1.66. The molecule has 2 N–H and O–H groups in total. The predicted octanol–water partition coefficient (Wildman–Crippen LogP) is 4.09. The summed E-state index contributed by atoms with van der Waals surface area (Å²) < 4.78 is 25.5. The van der Waals surface area contributed by atoms with Crippen LogP contribution in [0.4, 0.5) is 11.4 Å². The highest BCUT2D eigenvalue weighted by Crippen LogP contribution is 2.25. The molecule has 1 atom stereocenters. The predicted molar refractivity (Wildman–Crippen MR) is 123 cm³/mol. The van der Waals surface area contributed by atoms with Crippen molar-refractivity contribution in [3.05, 3.63) is 59.2 Å². The Morgan fingerprint density at radius 3 is 2.33 bits per heavy atom. The SMILES string of the molecule is Cc1ccc(C(=O)NC(C)c2ccc(N3CCC(C)CC3)cc2)cc1NS(C)(=O)=O. The quantitative estimate of drug-likeness (QED) is 0.725. The zero-order chi connectivity index (χ0) is 21.9. The number of hydrogen-bond donors (Lipinski definition) is 2. The largest absolute Gasteiger partial charge is 0.372 e. The number of nitrogens with zero attached hydrogens (tertiary/aromatic N) is 1. The monoisotopic (exact) mass is 429 g/mol. The lowest BCUT2D eigenvalue weighted by Crippen LogP contribution is -2.32. The molecule has 1 aliphatic heterocycles. The van der Waals surface area contributed by atoms with Gasteiger partial charge in [0.15, 0.2) is 0 Å². The zero-order valence-electron chi connectivity index (χ0n) is 18.1. The molecule has 1 saturated heterocycles. The molecule has 0 saturated carbocycles. The van der Waals surface area contributed by atoms with Gasteiger partial charge in [-0.3, -0.25) is 9.52 Å². The molecule has 3 rings (SSSR count). The van der Waals surface area contributed by atoms with Gasteiger partial charge in [0.1, 0.15) is 0 Å². The van der Waals surface area contributed by atoms with Gasteiger partial charge in [-0.15, -0.1) is 0 Å². The van der Waals surface area contributed by atoms with E-state index in [0.717, 1.165) is 36.4 Å². The van der Waals surface area contributed by atoms with Crippen molar-refractivity contribution in [2.45, 2.75) is 39.7 Å². The van der Waals surface area contributed by atoms with Crippen LogP contribution in [0.3, 0.4) is 0 Å². The molecule has 0 aromatic heterocycles. The molecule has 6 nitrogen and oxygen atoms in total. The summed E-state index contributed by atoms with van der Waals surface area (Å²) >= 11 is 0. The van der Waals surface area contributed by atoms with Crippen LogP contribution in [-0.4, -0.2) is 33.7 Å². The van der Waals surface area contributed by atoms with E-state index in [1.807, 2.05) is 6.92 Å². The number of amides is 1. The van der Waals surface area contributed by atoms with E-state index in [2.05, 4.69) is 46.1 Å². The molecule has 1 unspecified atom stereocenters. The van der Waals surface area contributed by atoms with Crippen molar-refractivity contribution < 1.29 is 13.2 Å². The van der Waals surface area contributed by atoms with Gasteiger partial charge < -0.3 is 10.2 Å². The van der Waals surface area contributed by atoms with Crippen LogP contribution in [0.1, 0.15) is 54.2 Å². The fraction of sp³-hybridized carbons (Fsp3) is 0.435. The smallest absolute Gasteiger partial charge is 0.251 e. The summed E-state index contributed by atoms with van der Waals surface area (Å²) in [5.41, 5.74) is 3.83. The van der Waals surface area contributed by atoms with Crippen LogP contribution >= 0.6 is 0 Å². The van der Waals surface area contributed by atoms with Gasteiger partial charge in [0.2, 0.25) is 10.0 Å². The van der Waals surface area contributed by atoms with Crippen molar-refractivity contribution in [1.29, 1.82) is 0 Å². The van der Waals surface area contributed by atoms with Gasteiger partial charge in [-0.2, -0.15) is 0 Å². The van der Waals surface area contributed by atoms with Gasteiger partial charge >= 0.3 is 0 Å². The van der Waals surface area contributed by atoms with Crippen molar-refractivity contribution in [2.75, 3.05) is 29.0 Å². The number of nitrogens with one attached hydrogen (secondary N) is 2. The Hall–Kier alpha value is -2.54. The highest BCUT2D eigenvalue weighted by Gasteiger charge is 2.17. The van der Waals surface area contributed by atoms with Gasteiger partial charge in [-0.25, -0.2) is 8.42 Å². The highest BCUT2D eigenvalue weighted by molar-refractivity contribution is 7.92. The molecule has 1 heterocycles. The van der Waals surface area contributed by atoms with Crippen LogP contribution in [0, 0.1) is 12.8 Å². The molecule has 0 spiro atoms. The molecular weight excluding hydrogens is 398 g/mol. The lowest BCUT2D eigenvalue weighted by Gasteiger charge is -2.32. The molecule has 1 amide bonds. The minimum Gasteiger partial charge on any atom is -0.372 e. The van der Waals surface area contributed by atoms with E-state index in [1.165, 1.54) is 18.5 Å². The van der Waals surface area contributed by atoms with Gasteiger partial charge in [0.25, 0.3) is 5.91 Å². The molecule has 30 heavy (non-hydrogen) atoms. The van der Waals surface area contributed by atoms with E-state index in [9.17, 15) is 13.2 Å². The molecule has 0 bridgehead atoms. The van der Waals surface area contributed by atoms with Crippen molar-refractivity contribution in [3.8, 4) is 0 Å². The number of anilines is 2. The van der Waals surface area contributed by atoms with Gasteiger partial charge in [0.05, 0.1) is 18.0 Å². The third kappa shape index (κ3) is 5.75. The summed E-state index contributed by atoms with van der Waals surface area (Å²) in [5, 5.41) is 3.00. The number of sulfonamides is 1. The van der Waals surface area contributed by atoms with E-state index in [0.29, 0.717) is 11.3 Å². The Kier molecular flexibility index (Phi) is 6.71. The molecule has 0 radical (unpaired) electrons. The van der Waals surface area contributed by atoms with E-state index in [-0.39, 0.29) is 11.9 Å². The molecule has 7 heteroatoms. The second kappa shape index (κ2) is 9.08. The van der Waals surface area contributed by atoms with Gasteiger partial charge in [-0.05, 0) is 68.0 Å². The standard InChI is InChI=1S/C23H31N3O3S/c1-16-11-13-26(14-12-16)21-9-7-19(8-10-21)18(3)24-23(27)20-6-5-17(2)22(15-20)25-30(4,28)29/h5-10,15-16,18,25H,11-14H2,1-4H3,(H,24,27). The number of carbonyl (C=O) groups is 1. The number of hydrogen-bond acceptors (Lipinski definition) is 4. The number of piperidine rings is 1. The molecule has 162 valence electrons. The average Bonchev–Trinajstić information content (AvgIpc) is 2.69. The Morgan fingerprint density at radius 1 is 1.10 bits per heavy atom. The van der Waals surface area contributed by atoms with Gasteiger partial charge in [0, 0.05) is 24.3 Å². The molecule has 2 aromatic rings. The number of benzene rings is 2. The van der Waals surface area contributed by atoms with Crippen LogP contribution in [0.25, 0.3) is 0 Å². The van der Waals surface area contributed by atoms with E-state index >= 15 is 0 Å².